The molecule has 2 unspecified atom stereocenters. The number of thiophene rings is 1. The summed E-state index contributed by atoms with van der Waals surface area (Å²) in [4.78, 5) is 12.0. The Bertz CT molecular complexity index is 558. The molecule has 9 heteroatoms. The van der Waals surface area contributed by atoms with Crippen molar-refractivity contribution in [2.45, 2.75) is 36.1 Å². The van der Waals surface area contributed by atoms with E-state index in [1.165, 1.54) is 13.0 Å². The molecule has 0 spiro atoms. The van der Waals surface area contributed by atoms with Crippen molar-refractivity contribution >= 4 is 39.7 Å². The van der Waals surface area contributed by atoms with Gasteiger partial charge in [0.15, 0.2) is 0 Å². The maximum Gasteiger partial charge on any atom is 0.250 e. The number of nitrogens with two attached hydrogens (primary N) is 1. The molecule has 1 amide bonds. The van der Waals surface area contributed by atoms with Gasteiger partial charge >= 0.3 is 0 Å². The molecule has 1 fully saturated rings. The second-order valence-corrected chi connectivity index (χ2v) is 7.85. The molecule has 0 bridgehead atoms. The lowest BCUT2D eigenvalue weighted by molar-refractivity contribution is -0.123. The lowest BCUT2D eigenvalue weighted by Crippen LogP contribution is -2.50. The average Bonchev–Trinajstić information content (AvgIpc) is 3.07. The van der Waals surface area contributed by atoms with Gasteiger partial charge < -0.3 is 11.1 Å². The Morgan fingerprint density at radius 1 is 1.52 bits per heavy atom. The van der Waals surface area contributed by atoms with Crippen LogP contribution < -0.4 is 15.8 Å². The number of rotatable bonds is 7. The van der Waals surface area contributed by atoms with E-state index in [4.69, 9.17) is 5.73 Å². The smallest absolute Gasteiger partial charge is 0.250 e. The third-order valence-corrected chi connectivity index (χ3v) is 6.20. The van der Waals surface area contributed by atoms with Crippen LogP contribution in [0.4, 0.5) is 0 Å². The fourth-order valence-corrected chi connectivity index (χ4v) is 4.15. The molecule has 1 heterocycles. The van der Waals surface area contributed by atoms with Crippen LogP contribution in [-0.4, -0.2) is 33.0 Å². The third-order valence-electron chi connectivity index (χ3n) is 3.26. The van der Waals surface area contributed by atoms with E-state index in [2.05, 4.69) is 10.0 Å². The molecule has 1 aliphatic rings. The standard InChI is InChI=1S/C12H19N3O3S2.ClH/c1-8(12(16)14-10(7-13)9-4-5-9)15-20(17,18)11-3-2-6-19-11;/h2-3,6,8-10,15H,4-5,7,13H2,1H3,(H,14,16);1H. The van der Waals surface area contributed by atoms with E-state index in [-0.39, 0.29) is 28.6 Å². The second kappa shape index (κ2) is 7.55. The van der Waals surface area contributed by atoms with Crippen LogP contribution in [0, 0.1) is 5.92 Å². The minimum absolute atomic E-state index is 0. The summed E-state index contributed by atoms with van der Waals surface area (Å²) in [5, 5.41) is 4.49. The van der Waals surface area contributed by atoms with Crippen LogP contribution in [-0.2, 0) is 14.8 Å². The SMILES string of the molecule is CC(NS(=O)(=O)c1cccs1)C(=O)NC(CN)C1CC1.Cl. The molecule has 0 radical (unpaired) electrons. The summed E-state index contributed by atoms with van der Waals surface area (Å²) in [6, 6.07) is 2.28. The van der Waals surface area contributed by atoms with Gasteiger partial charge in [0.05, 0.1) is 6.04 Å². The highest BCUT2D eigenvalue weighted by molar-refractivity contribution is 7.91. The Balaban J connectivity index is 0.00000220. The largest absolute Gasteiger partial charge is 0.350 e. The Hall–Kier alpha value is -0.670. The van der Waals surface area contributed by atoms with Crippen LogP contribution in [0.2, 0.25) is 0 Å². The molecule has 120 valence electrons. The topological polar surface area (TPSA) is 101 Å². The van der Waals surface area contributed by atoms with Gasteiger partial charge in [0.1, 0.15) is 4.21 Å². The molecule has 21 heavy (non-hydrogen) atoms. The van der Waals surface area contributed by atoms with E-state index >= 15 is 0 Å². The minimum atomic E-state index is -3.63. The highest BCUT2D eigenvalue weighted by atomic mass is 35.5. The zero-order valence-corrected chi connectivity index (χ0v) is 14.1. The van der Waals surface area contributed by atoms with Crippen molar-refractivity contribution in [1.29, 1.82) is 0 Å². The Labute approximate surface area is 135 Å². The number of halogens is 1. The van der Waals surface area contributed by atoms with E-state index in [0.29, 0.717) is 12.5 Å². The van der Waals surface area contributed by atoms with E-state index in [0.717, 1.165) is 24.2 Å². The van der Waals surface area contributed by atoms with Gasteiger partial charge in [-0.1, -0.05) is 6.07 Å². The lowest BCUT2D eigenvalue weighted by atomic mass is 10.2. The first-order valence-corrected chi connectivity index (χ1v) is 8.86. The third kappa shape index (κ3) is 4.93. The number of carbonyl (C=O) groups is 1. The molecule has 1 aromatic heterocycles. The first kappa shape index (κ1) is 18.4. The van der Waals surface area contributed by atoms with Crippen molar-refractivity contribution in [3.63, 3.8) is 0 Å². The number of carbonyl (C=O) groups excluding carboxylic acids is 1. The number of amides is 1. The summed E-state index contributed by atoms with van der Waals surface area (Å²) in [6.45, 7) is 1.90. The van der Waals surface area contributed by atoms with Crippen LogP contribution in [0.3, 0.4) is 0 Å². The number of hydrogen-bond donors (Lipinski definition) is 3. The molecular formula is C12H20ClN3O3S2. The zero-order valence-electron chi connectivity index (χ0n) is 11.6. The van der Waals surface area contributed by atoms with Crippen LogP contribution in [0.1, 0.15) is 19.8 Å². The molecule has 0 aromatic carbocycles. The van der Waals surface area contributed by atoms with Gasteiger partial charge in [-0.2, -0.15) is 4.72 Å². The predicted octanol–water partition coefficient (Wildman–Crippen LogP) is 0.690. The normalized spacial score (nSPS) is 17.6. The zero-order chi connectivity index (χ0) is 14.8. The Morgan fingerprint density at radius 2 is 2.19 bits per heavy atom. The molecule has 1 aromatic rings. The number of sulfonamides is 1. The Kier molecular flexibility index (Phi) is 6.61. The van der Waals surface area contributed by atoms with Gasteiger partial charge in [-0.05, 0) is 37.1 Å². The molecule has 0 aliphatic heterocycles. The predicted molar refractivity (Wildman–Crippen MR) is 85.1 cm³/mol. The van der Waals surface area contributed by atoms with Gasteiger partial charge in [-0.3, -0.25) is 4.79 Å². The van der Waals surface area contributed by atoms with Crippen molar-refractivity contribution < 1.29 is 13.2 Å². The lowest BCUT2D eigenvalue weighted by Gasteiger charge is -2.19. The summed E-state index contributed by atoms with van der Waals surface area (Å²) in [7, 11) is -3.63. The number of hydrogen-bond acceptors (Lipinski definition) is 5. The highest BCUT2D eigenvalue weighted by Gasteiger charge is 2.32. The molecule has 6 nitrogen and oxygen atoms in total. The molecule has 1 saturated carbocycles. The maximum absolute atomic E-state index is 12.0. The van der Waals surface area contributed by atoms with Crippen molar-refractivity contribution in [2.75, 3.05) is 6.54 Å². The molecule has 2 rings (SSSR count). The summed E-state index contributed by atoms with van der Waals surface area (Å²) in [5.74, 6) is 0.0949. The van der Waals surface area contributed by atoms with Gasteiger partial charge in [-0.15, -0.1) is 23.7 Å². The maximum atomic E-state index is 12.0. The van der Waals surface area contributed by atoms with Crippen molar-refractivity contribution in [3.05, 3.63) is 17.5 Å². The molecule has 1 aliphatic carbocycles. The Morgan fingerprint density at radius 3 is 2.67 bits per heavy atom. The van der Waals surface area contributed by atoms with Crippen molar-refractivity contribution in [1.82, 2.24) is 10.0 Å². The summed E-state index contributed by atoms with van der Waals surface area (Å²) < 4.78 is 26.6. The molecule has 0 saturated heterocycles. The summed E-state index contributed by atoms with van der Waals surface area (Å²) in [5.41, 5.74) is 5.61. The van der Waals surface area contributed by atoms with Crippen LogP contribution >= 0.6 is 23.7 Å². The van der Waals surface area contributed by atoms with Crippen LogP contribution in [0.15, 0.2) is 21.7 Å². The van der Waals surface area contributed by atoms with E-state index in [9.17, 15) is 13.2 Å². The fraction of sp³-hybridized carbons (Fsp3) is 0.583. The molecule has 2 atom stereocenters. The van der Waals surface area contributed by atoms with Crippen molar-refractivity contribution in [2.24, 2.45) is 11.7 Å². The quantitative estimate of drug-likeness (QED) is 0.671. The first-order chi connectivity index (χ1) is 9.44. The van der Waals surface area contributed by atoms with Crippen LogP contribution in [0.25, 0.3) is 0 Å². The molecular weight excluding hydrogens is 334 g/mol. The minimum Gasteiger partial charge on any atom is -0.350 e. The van der Waals surface area contributed by atoms with Crippen molar-refractivity contribution in [3.8, 4) is 0 Å². The van der Waals surface area contributed by atoms with E-state index in [1.54, 1.807) is 11.4 Å². The second-order valence-electron chi connectivity index (χ2n) is 4.96. The van der Waals surface area contributed by atoms with Crippen LogP contribution in [0.5, 0.6) is 0 Å². The highest BCUT2D eigenvalue weighted by Crippen LogP contribution is 2.32. The number of nitrogens with one attached hydrogen (secondary N) is 2. The van der Waals surface area contributed by atoms with E-state index in [1.807, 2.05) is 0 Å². The molecule has 4 N–H and O–H groups in total. The van der Waals surface area contributed by atoms with Gasteiger partial charge in [0, 0.05) is 12.6 Å². The summed E-state index contributed by atoms with van der Waals surface area (Å²) in [6.07, 6.45) is 2.13. The fourth-order valence-electron chi connectivity index (χ4n) is 1.94. The van der Waals surface area contributed by atoms with Gasteiger partial charge in [-0.25, -0.2) is 8.42 Å². The monoisotopic (exact) mass is 353 g/mol. The summed E-state index contributed by atoms with van der Waals surface area (Å²) >= 11 is 1.11. The van der Waals surface area contributed by atoms with Gasteiger partial charge in [0.2, 0.25) is 5.91 Å². The average molecular weight is 354 g/mol. The van der Waals surface area contributed by atoms with E-state index < -0.39 is 16.1 Å². The van der Waals surface area contributed by atoms with Gasteiger partial charge in [0.25, 0.3) is 10.0 Å². The first-order valence-electron chi connectivity index (χ1n) is 6.50.